The summed E-state index contributed by atoms with van der Waals surface area (Å²) in [6, 6.07) is 10.1. The number of aryl methyl sites for hydroxylation is 1. The Morgan fingerprint density at radius 1 is 1.18 bits per heavy atom. The number of nitrogens with two attached hydrogens (primary N) is 1. The predicted octanol–water partition coefficient (Wildman–Crippen LogP) is 2.32. The van der Waals surface area contributed by atoms with Gasteiger partial charge in [-0.1, -0.05) is 0 Å². The highest BCUT2D eigenvalue weighted by Gasteiger charge is 2.11. The third-order valence-electron chi connectivity index (χ3n) is 4.36. The summed E-state index contributed by atoms with van der Waals surface area (Å²) in [6.45, 7) is 6.20. The lowest BCUT2D eigenvalue weighted by Crippen LogP contribution is -2.43. The van der Waals surface area contributed by atoms with Crippen LogP contribution in [-0.2, 0) is 4.79 Å². The molecule has 2 heterocycles. The van der Waals surface area contributed by atoms with Gasteiger partial charge in [0.2, 0.25) is 6.41 Å². The molecular formula is C20H23FN6O. The average molecular weight is 382 g/mol. The Morgan fingerprint density at radius 2 is 1.96 bits per heavy atom. The van der Waals surface area contributed by atoms with Gasteiger partial charge in [-0.15, -0.1) is 0 Å². The number of carbonyl (C=O) groups is 1. The zero-order valence-corrected chi connectivity index (χ0v) is 15.7. The van der Waals surface area contributed by atoms with Crippen LogP contribution in [-0.4, -0.2) is 42.6 Å². The highest BCUT2D eigenvalue weighted by atomic mass is 19.1. The molecule has 0 bridgehead atoms. The highest BCUT2D eigenvalue weighted by Crippen LogP contribution is 2.20. The van der Waals surface area contributed by atoms with Gasteiger partial charge in [0.05, 0.1) is 28.1 Å². The van der Waals surface area contributed by atoms with E-state index in [0.29, 0.717) is 17.8 Å². The molecule has 3 aromatic rings. The Kier molecular flexibility index (Phi) is 6.33. The van der Waals surface area contributed by atoms with Gasteiger partial charge in [-0.25, -0.2) is 9.37 Å². The van der Waals surface area contributed by atoms with Crippen LogP contribution in [0.15, 0.2) is 42.6 Å². The number of anilines is 3. The van der Waals surface area contributed by atoms with Gasteiger partial charge < -0.3 is 21.3 Å². The quantitative estimate of drug-likeness (QED) is 0.475. The minimum Gasteiger partial charge on any atom is -0.397 e. The lowest BCUT2D eigenvalue weighted by molar-refractivity contribution is -0.105. The molecule has 0 atom stereocenters. The number of benzene rings is 2. The number of hydrogen-bond acceptors (Lipinski definition) is 6. The molecule has 2 aromatic carbocycles. The Labute approximate surface area is 162 Å². The van der Waals surface area contributed by atoms with Crippen LogP contribution >= 0.6 is 0 Å². The van der Waals surface area contributed by atoms with Crippen LogP contribution in [0, 0.1) is 12.7 Å². The third kappa shape index (κ3) is 4.92. The summed E-state index contributed by atoms with van der Waals surface area (Å²) in [5.74, 6) is -0.427. The number of nitrogens with zero attached hydrogens (tertiary/aromatic N) is 3. The molecule has 1 aromatic heterocycles. The zero-order chi connectivity index (χ0) is 19.9. The van der Waals surface area contributed by atoms with Crippen LogP contribution in [0.1, 0.15) is 5.69 Å². The molecular weight excluding hydrogens is 359 g/mol. The molecule has 28 heavy (non-hydrogen) atoms. The number of amides is 1. The Morgan fingerprint density at radius 3 is 2.71 bits per heavy atom. The fourth-order valence-corrected chi connectivity index (χ4v) is 2.93. The van der Waals surface area contributed by atoms with E-state index in [1.54, 1.807) is 0 Å². The maximum Gasteiger partial charge on any atom is 0.211 e. The maximum absolute atomic E-state index is 12.5. The van der Waals surface area contributed by atoms with Gasteiger partial charge in [-0.05, 0) is 43.3 Å². The summed E-state index contributed by atoms with van der Waals surface area (Å²) in [4.78, 5) is 21.2. The molecule has 146 valence electrons. The molecule has 1 aliphatic rings. The number of nitrogens with one attached hydrogen (secondary N) is 2. The summed E-state index contributed by atoms with van der Waals surface area (Å²) >= 11 is 0. The molecule has 1 fully saturated rings. The second kappa shape index (κ2) is 9.09. The normalized spacial score (nSPS) is 13.6. The van der Waals surface area contributed by atoms with Crippen molar-refractivity contribution in [2.45, 2.75) is 6.92 Å². The van der Waals surface area contributed by atoms with E-state index in [-0.39, 0.29) is 0 Å². The molecule has 0 saturated carbocycles. The molecule has 0 unspecified atom stereocenters. The van der Waals surface area contributed by atoms with E-state index in [2.05, 4.69) is 43.7 Å². The van der Waals surface area contributed by atoms with Crippen molar-refractivity contribution < 1.29 is 9.18 Å². The fourth-order valence-electron chi connectivity index (χ4n) is 2.93. The molecule has 8 heteroatoms. The van der Waals surface area contributed by atoms with E-state index in [9.17, 15) is 9.18 Å². The van der Waals surface area contributed by atoms with E-state index < -0.39 is 5.82 Å². The van der Waals surface area contributed by atoms with Gasteiger partial charge in [-0.3, -0.25) is 9.78 Å². The predicted molar refractivity (Wildman–Crippen MR) is 110 cm³/mol. The molecule has 1 aliphatic heterocycles. The minimum absolute atomic E-state index is 0.292. The smallest absolute Gasteiger partial charge is 0.211 e. The topological polar surface area (TPSA) is 96.2 Å². The van der Waals surface area contributed by atoms with Crippen molar-refractivity contribution in [3.8, 4) is 0 Å². The Balaban J connectivity index is 0.000000178. The van der Waals surface area contributed by atoms with Crippen molar-refractivity contribution >= 4 is 34.5 Å². The van der Waals surface area contributed by atoms with E-state index in [1.807, 2.05) is 13.1 Å². The van der Waals surface area contributed by atoms with Crippen molar-refractivity contribution in [1.82, 2.24) is 15.3 Å². The second-order valence-corrected chi connectivity index (χ2v) is 6.42. The first kappa shape index (κ1) is 19.5. The van der Waals surface area contributed by atoms with Gasteiger partial charge in [0.15, 0.2) is 0 Å². The number of carbonyl (C=O) groups excluding carboxylic acids is 1. The van der Waals surface area contributed by atoms with E-state index >= 15 is 0 Å². The molecule has 4 rings (SSSR count). The number of halogens is 1. The van der Waals surface area contributed by atoms with Crippen molar-refractivity contribution in [3.63, 3.8) is 0 Å². The monoisotopic (exact) mass is 382 g/mol. The van der Waals surface area contributed by atoms with Crippen LogP contribution in [0.5, 0.6) is 0 Å². The summed E-state index contributed by atoms with van der Waals surface area (Å²) in [5.41, 5.74) is 10.2. The number of hydrogen-bond donors (Lipinski definition) is 3. The minimum atomic E-state index is -0.427. The molecule has 1 saturated heterocycles. The Hall–Kier alpha value is -3.26. The molecule has 0 radical (unpaired) electrons. The number of piperazine rings is 1. The first-order chi connectivity index (χ1) is 13.6. The number of nitrogen functional groups attached to an aromatic ring is 1. The number of fused-ring (bicyclic) bond motifs is 1. The molecule has 7 nitrogen and oxygen atoms in total. The van der Waals surface area contributed by atoms with E-state index in [0.717, 1.165) is 49.0 Å². The maximum atomic E-state index is 12.5. The lowest BCUT2D eigenvalue weighted by atomic mass is 10.2. The first-order valence-electron chi connectivity index (χ1n) is 9.01. The summed E-state index contributed by atoms with van der Waals surface area (Å²) in [7, 11) is 0. The average Bonchev–Trinajstić information content (AvgIpc) is 2.72. The molecule has 4 N–H and O–H groups in total. The summed E-state index contributed by atoms with van der Waals surface area (Å²) in [5, 5.41) is 5.63. The van der Waals surface area contributed by atoms with Gasteiger partial charge in [-0.2, -0.15) is 0 Å². The highest BCUT2D eigenvalue weighted by molar-refractivity contribution is 5.79. The van der Waals surface area contributed by atoms with Crippen LogP contribution < -0.4 is 21.3 Å². The van der Waals surface area contributed by atoms with E-state index in [1.165, 1.54) is 17.8 Å². The van der Waals surface area contributed by atoms with Crippen LogP contribution in [0.25, 0.3) is 11.0 Å². The van der Waals surface area contributed by atoms with E-state index in [4.69, 9.17) is 5.73 Å². The molecule has 0 aliphatic carbocycles. The Bertz CT molecular complexity index is 959. The lowest BCUT2D eigenvalue weighted by Gasteiger charge is -2.29. The third-order valence-corrected chi connectivity index (χ3v) is 4.36. The van der Waals surface area contributed by atoms with Gasteiger partial charge in [0.25, 0.3) is 0 Å². The largest absolute Gasteiger partial charge is 0.397 e. The van der Waals surface area contributed by atoms with Crippen LogP contribution in [0.4, 0.5) is 21.5 Å². The van der Waals surface area contributed by atoms with Gasteiger partial charge in [0.1, 0.15) is 5.82 Å². The zero-order valence-electron chi connectivity index (χ0n) is 15.7. The van der Waals surface area contributed by atoms with Gasteiger partial charge in [0, 0.05) is 38.1 Å². The standard InChI is InChI=1S/C13H16N4.C7H7FN2O/c1-10-9-15-13-8-11(2-3-12(13)16-10)17-6-4-14-5-7-17;8-5-1-2-6(9)7(3-5)10-4-11/h2-3,8-9,14H,4-7H2,1H3;1-4H,9H2,(H,10,11). The first-order valence-corrected chi connectivity index (χ1v) is 9.01. The van der Waals surface area contributed by atoms with Crippen LogP contribution in [0.3, 0.4) is 0 Å². The van der Waals surface area contributed by atoms with Crippen LogP contribution in [0.2, 0.25) is 0 Å². The van der Waals surface area contributed by atoms with Crippen molar-refractivity contribution in [2.75, 3.05) is 42.1 Å². The van der Waals surface area contributed by atoms with Crippen molar-refractivity contribution in [2.24, 2.45) is 0 Å². The summed E-state index contributed by atoms with van der Waals surface area (Å²) in [6.07, 6.45) is 2.27. The molecule has 0 spiro atoms. The molecule has 1 amide bonds. The number of rotatable bonds is 3. The SMILES string of the molecule is Cc1cnc2cc(N3CCNCC3)ccc2n1.Nc1ccc(F)cc1NC=O. The summed E-state index contributed by atoms with van der Waals surface area (Å²) < 4.78 is 12.5. The van der Waals surface area contributed by atoms with Crippen molar-refractivity contribution in [1.29, 1.82) is 0 Å². The van der Waals surface area contributed by atoms with Crippen molar-refractivity contribution in [3.05, 3.63) is 54.1 Å². The van der Waals surface area contributed by atoms with Gasteiger partial charge >= 0.3 is 0 Å². The second-order valence-electron chi connectivity index (χ2n) is 6.42. The number of aromatic nitrogens is 2. The fraction of sp³-hybridized carbons (Fsp3) is 0.250.